The lowest BCUT2D eigenvalue weighted by Gasteiger charge is -2.30. The summed E-state index contributed by atoms with van der Waals surface area (Å²) in [5.74, 6) is 0.762. The summed E-state index contributed by atoms with van der Waals surface area (Å²) >= 11 is 0. The van der Waals surface area contributed by atoms with E-state index in [1.54, 1.807) is 0 Å². The normalized spacial score (nSPS) is 13.6. The van der Waals surface area contributed by atoms with Gasteiger partial charge in [0, 0.05) is 13.3 Å². The Bertz CT molecular complexity index is 185. The van der Waals surface area contributed by atoms with E-state index in [4.69, 9.17) is 0 Å². The summed E-state index contributed by atoms with van der Waals surface area (Å²) in [4.78, 5) is 3.97. The number of allylic oxidation sites excluding steroid dienone is 2. The van der Waals surface area contributed by atoms with E-state index in [1.165, 1.54) is 19.3 Å². The van der Waals surface area contributed by atoms with Crippen molar-refractivity contribution in [2.24, 2.45) is 16.3 Å². The fourth-order valence-electron chi connectivity index (χ4n) is 1.99. The topological polar surface area (TPSA) is 12.4 Å². The SMILES string of the molecule is CCC(/C=C\C=NC)(CC)CC(C)C. The van der Waals surface area contributed by atoms with Crippen molar-refractivity contribution in [2.45, 2.75) is 47.0 Å². The Hall–Kier alpha value is -0.590. The number of rotatable bonds is 6. The number of aliphatic imine (C=N–C) groups is 1. The highest BCUT2D eigenvalue weighted by Gasteiger charge is 2.23. The standard InChI is InChI=1S/C13H25N/c1-6-13(7-2,11-12(3)4)9-8-10-14-5/h8-10,12H,6-7,11H2,1-5H3/b9-8-,14-10?. The molecule has 0 heterocycles. The van der Waals surface area contributed by atoms with Gasteiger partial charge in [-0.15, -0.1) is 0 Å². The van der Waals surface area contributed by atoms with E-state index in [0.29, 0.717) is 5.41 Å². The predicted octanol–water partition coefficient (Wildman–Crippen LogP) is 4.10. The van der Waals surface area contributed by atoms with Gasteiger partial charge >= 0.3 is 0 Å². The molecule has 0 rings (SSSR count). The zero-order valence-corrected chi connectivity index (χ0v) is 10.4. The second-order valence-corrected chi connectivity index (χ2v) is 4.43. The second kappa shape index (κ2) is 6.80. The molecule has 0 aliphatic heterocycles. The Balaban J connectivity index is 4.51. The predicted molar refractivity (Wildman–Crippen MR) is 66.0 cm³/mol. The first-order valence-electron chi connectivity index (χ1n) is 5.70. The smallest absolute Gasteiger partial charge is 0.0277 e. The van der Waals surface area contributed by atoms with Gasteiger partial charge in [-0.25, -0.2) is 0 Å². The van der Waals surface area contributed by atoms with E-state index < -0.39 is 0 Å². The van der Waals surface area contributed by atoms with Crippen LogP contribution in [0.15, 0.2) is 17.1 Å². The van der Waals surface area contributed by atoms with Crippen molar-refractivity contribution in [2.75, 3.05) is 7.05 Å². The van der Waals surface area contributed by atoms with Crippen LogP contribution in [0.5, 0.6) is 0 Å². The van der Waals surface area contributed by atoms with Gasteiger partial charge in [0.2, 0.25) is 0 Å². The van der Waals surface area contributed by atoms with Crippen molar-refractivity contribution < 1.29 is 0 Å². The van der Waals surface area contributed by atoms with E-state index in [-0.39, 0.29) is 0 Å². The molecule has 0 saturated heterocycles. The van der Waals surface area contributed by atoms with E-state index in [0.717, 1.165) is 5.92 Å². The number of hydrogen-bond donors (Lipinski definition) is 0. The lowest BCUT2D eigenvalue weighted by atomic mass is 9.75. The van der Waals surface area contributed by atoms with E-state index in [1.807, 2.05) is 13.3 Å². The third-order valence-corrected chi connectivity index (χ3v) is 2.91. The molecule has 0 radical (unpaired) electrons. The Morgan fingerprint density at radius 3 is 2.14 bits per heavy atom. The first kappa shape index (κ1) is 13.4. The van der Waals surface area contributed by atoms with Crippen LogP contribution in [0.4, 0.5) is 0 Å². The molecule has 82 valence electrons. The maximum Gasteiger partial charge on any atom is 0.0277 e. The summed E-state index contributed by atoms with van der Waals surface area (Å²) in [6, 6.07) is 0. The van der Waals surface area contributed by atoms with Crippen molar-refractivity contribution in [3.63, 3.8) is 0 Å². The molecule has 0 N–H and O–H groups in total. The van der Waals surface area contributed by atoms with Gasteiger partial charge in [-0.2, -0.15) is 0 Å². The summed E-state index contributed by atoms with van der Waals surface area (Å²) in [6.45, 7) is 9.14. The van der Waals surface area contributed by atoms with Crippen molar-refractivity contribution >= 4 is 6.21 Å². The maximum atomic E-state index is 3.97. The summed E-state index contributed by atoms with van der Waals surface area (Å²) < 4.78 is 0. The molecule has 0 fully saturated rings. The zero-order chi connectivity index (χ0) is 11.0. The molecule has 1 heteroatoms. The highest BCUT2D eigenvalue weighted by molar-refractivity contribution is 5.70. The van der Waals surface area contributed by atoms with Crippen LogP contribution in [0.3, 0.4) is 0 Å². The van der Waals surface area contributed by atoms with Gasteiger partial charge in [0.15, 0.2) is 0 Å². The molecular weight excluding hydrogens is 170 g/mol. The monoisotopic (exact) mass is 195 g/mol. The molecule has 0 aliphatic carbocycles. The Kier molecular flexibility index (Phi) is 6.52. The van der Waals surface area contributed by atoms with Crippen LogP contribution in [0.1, 0.15) is 47.0 Å². The highest BCUT2D eigenvalue weighted by Crippen LogP contribution is 2.35. The molecular formula is C13H25N. The van der Waals surface area contributed by atoms with Crippen LogP contribution < -0.4 is 0 Å². The Labute approximate surface area is 89.3 Å². The van der Waals surface area contributed by atoms with Gasteiger partial charge in [0.25, 0.3) is 0 Å². The van der Waals surface area contributed by atoms with Gasteiger partial charge < -0.3 is 0 Å². The quantitative estimate of drug-likeness (QED) is 0.566. The summed E-state index contributed by atoms with van der Waals surface area (Å²) in [5.41, 5.74) is 0.384. The van der Waals surface area contributed by atoms with Gasteiger partial charge in [-0.05, 0) is 36.7 Å². The van der Waals surface area contributed by atoms with Crippen molar-refractivity contribution in [3.05, 3.63) is 12.2 Å². The van der Waals surface area contributed by atoms with Gasteiger partial charge in [0.1, 0.15) is 0 Å². The number of nitrogens with zero attached hydrogens (tertiary/aromatic N) is 1. The minimum absolute atomic E-state index is 0.384. The zero-order valence-electron chi connectivity index (χ0n) is 10.4. The van der Waals surface area contributed by atoms with Crippen molar-refractivity contribution in [3.8, 4) is 0 Å². The van der Waals surface area contributed by atoms with E-state index in [2.05, 4.69) is 44.8 Å². The molecule has 0 aromatic heterocycles. The lowest BCUT2D eigenvalue weighted by molar-refractivity contribution is 0.280. The summed E-state index contributed by atoms with van der Waals surface area (Å²) in [6.07, 6.45) is 10.0. The second-order valence-electron chi connectivity index (χ2n) is 4.43. The third kappa shape index (κ3) is 4.59. The van der Waals surface area contributed by atoms with Crippen molar-refractivity contribution in [1.29, 1.82) is 0 Å². The Morgan fingerprint density at radius 1 is 1.21 bits per heavy atom. The van der Waals surface area contributed by atoms with Crippen molar-refractivity contribution in [1.82, 2.24) is 0 Å². The molecule has 0 bridgehead atoms. The van der Waals surface area contributed by atoms with Crippen LogP contribution in [-0.4, -0.2) is 13.3 Å². The first-order chi connectivity index (χ1) is 6.60. The van der Waals surface area contributed by atoms with Crippen LogP contribution in [0.2, 0.25) is 0 Å². The van der Waals surface area contributed by atoms with Crippen LogP contribution in [-0.2, 0) is 0 Å². The third-order valence-electron chi connectivity index (χ3n) is 2.91. The summed E-state index contributed by atoms with van der Waals surface area (Å²) in [7, 11) is 1.81. The molecule has 0 aromatic rings. The fourth-order valence-corrected chi connectivity index (χ4v) is 1.99. The van der Waals surface area contributed by atoms with Gasteiger partial charge in [-0.3, -0.25) is 4.99 Å². The molecule has 0 atom stereocenters. The molecule has 0 unspecified atom stereocenters. The van der Waals surface area contributed by atoms with E-state index >= 15 is 0 Å². The molecule has 0 aromatic carbocycles. The molecule has 0 spiro atoms. The average molecular weight is 195 g/mol. The number of hydrogen-bond acceptors (Lipinski definition) is 1. The van der Waals surface area contributed by atoms with Gasteiger partial charge in [0.05, 0.1) is 0 Å². The first-order valence-corrected chi connectivity index (χ1v) is 5.70. The average Bonchev–Trinajstić information content (AvgIpc) is 2.16. The van der Waals surface area contributed by atoms with Crippen LogP contribution in [0.25, 0.3) is 0 Å². The Morgan fingerprint density at radius 2 is 1.79 bits per heavy atom. The largest absolute Gasteiger partial charge is 0.297 e. The highest BCUT2D eigenvalue weighted by atomic mass is 14.6. The van der Waals surface area contributed by atoms with Gasteiger partial charge in [-0.1, -0.05) is 33.8 Å². The fraction of sp³-hybridized carbons (Fsp3) is 0.769. The molecule has 0 saturated carbocycles. The minimum atomic E-state index is 0.384. The molecule has 14 heavy (non-hydrogen) atoms. The minimum Gasteiger partial charge on any atom is -0.297 e. The molecule has 0 aliphatic rings. The molecule has 1 nitrogen and oxygen atoms in total. The summed E-state index contributed by atoms with van der Waals surface area (Å²) in [5, 5.41) is 0. The lowest BCUT2D eigenvalue weighted by Crippen LogP contribution is -2.18. The maximum absolute atomic E-state index is 3.97. The van der Waals surface area contributed by atoms with Crippen LogP contribution >= 0.6 is 0 Å². The van der Waals surface area contributed by atoms with Crippen LogP contribution in [0, 0.1) is 11.3 Å². The molecule has 0 amide bonds. The van der Waals surface area contributed by atoms with E-state index in [9.17, 15) is 0 Å².